The molecule has 4 heteroatoms. The van der Waals surface area contributed by atoms with Gasteiger partial charge in [0.2, 0.25) is 0 Å². The Bertz CT molecular complexity index is 693. The smallest absolute Gasteiger partial charge is 0.338 e. The summed E-state index contributed by atoms with van der Waals surface area (Å²) in [5.74, 6) is -0.361. The number of esters is 1. The number of carbonyl (C=O) groups is 1. The van der Waals surface area contributed by atoms with Gasteiger partial charge >= 0.3 is 5.97 Å². The SMILES string of the molecule is Cc1ccc(C)c(Nc2ccc(C(=O)OC(C)C)cc2N)c1. The summed E-state index contributed by atoms with van der Waals surface area (Å²) < 4.78 is 5.17. The maximum atomic E-state index is 11.9. The normalized spacial score (nSPS) is 10.6. The van der Waals surface area contributed by atoms with Crippen molar-refractivity contribution in [2.75, 3.05) is 11.1 Å². The van der Waals surface area contributed by atoms with Crippen LogP contribution < -0.4 is 11.1 Å². The second kappa shape index (κ2) is 6.52. The van der Waals surface area contributed by atoms with E-state index in [4.69, 9.17) is 10.5 Å². The largest absolute Gasteiger partial charge is 0.459 e. The van der Waals surface area contributed by atoms with Crippen LogP contribution in [0.15, 0.2) is 36.4 Å². The first kappa shape index (κ1) is 15.9. The Balaban J connectivity index is 2.23. The van der Waals surface area contributed by atoms with Crippen LogP contribution in [-0.4, -0.2) is 12.1 Å². The third kappa shape index (κ3) is 3.79. The Hall–Kier alpha value is -2.49. The third-order valence-electron chi connectivity index (χ3n) is 3.29. The molecule has 0 bridgehead atoms. The fourth-order valence-corrected chi connectivity index (χ4v) is 2.10. The fraction of sp³-hybridized carbons (Fsp3) is 0.278. The van der Waals surface area contributed by atoms with Gasteiger partial charge in [0, 0.05) is 5.69 Å². The standard InChI is InChI=1S/C18H22N2O2/c1-11(2)22-18(21)14-7-8-16(15(19)10-14)20-17-9-12(3)5-6-13(17)4/h5-11,20H,19H2,1-4H3. The minimum atomic E-state index is -0.361. The van der Waals surface area contributed by atoms with Gasteiger partial charge in [0.1, 0.15) is 0 Å². The van der Waals surface area contributed by atoms with Crippen LogP contribution in [0.25, 0.3) is 0 Å². The Morgan fingerprint density at radius 2 is 1.82 bits per heavy atom. The molecule has 0 aromatic heterocycles. The Morgan fingerprint density at radius 3 is 2.45 bits per heavy atom. The summed E-state index contributed by atoms with van der Waals surface area (Å²) in [6.45, 7) is 7.71. The summed E-state index contributed by atoms with van der Waals surface area (Å²) in [6.07, 6.45) is -0.151. The number of anilines is 3. The molecule has 3 N–H and O–H groups in total. The topological polar surface area (TPSA) is 64.3 Å². The highest BCUT2D eigenvalue weighted by Gasteiger charge is 2.11. The molecule has 0 saturated carbocycles. The summed E-state index contributed by atoms with van der Waals surface area (Å²) in [6, 6.07) is 11.3. The predicted octanol–water partition coefficient (Wildman–Crippen LogP) is 4.19. The van der Waals surface area contributed by atoms with E-state index in [-0.39, 0.29) is 12.1 Å². The molecule has 0 unspecified atom stereocenters. The van der Waals surface area contributed by atoms with Crippen molar-refractivity contribution in [1.29, 1.82) is 0 Å². The second-order valence-electron chi connectivity index (χ2n) is 5.70. The van der Waals surface area contributed by atoms with Gasteiger partial charge in [-0.15, -0.1) is 0 Å². The van der Waals surface area contributed by atoms with Gasteiger partial charge in [0.25, 0.3) is 0 Å². The Labute approximate surface area is 131 Å². The highest BCUT2D eigenvalue weighted by atomic mass is 16.5. The zero-order valence-electron chi connectivity index (χ0n) is 13.4. The van der Waals surface area contributed by atoms with Gasteiger partial charge in [0.05, 0.1) is 23.0 Å². The molecular weight excluding hydrogens is 276 g/mol. The van der Waals surface area contributed by atoms with E-state index in [1.165, 1.54) is 5.56 Å². The molecule has 4 nitrogen and oxygen atoms in total. The Kier molecular flexibility index (Phi) is 4.71. The van der Waals surface area contributed by atoms with Crippen molar-refractivity contribution in [2.24, 2.45) is 0 Å². The second-order valence-corrected chi connectivity index (χ2v) is 5.70. The van der Waals surface area contributed by atoms with Crippen LogP contribution in [0, 0.1) is 13.8 Å². The van der Waals surface area contributed by atoms with E-state index in [0.29, 0.717) is 11.3 Å². The van der Waals surface area contributed by atoms with Crippen molar-refractivity contribution < 1.29 is 9.53 Å². The lowest BCUT2D eigenvalue weighted by atomic mass is 10.1. The van der Waals surface area contributed by atoms with Crippen molar-refractivity contribution in [2.45, 2.75) is 33.8 Å². The number of nitrogens with two attached hydrogens (primary N) is 1. The minimum absolute atomic E-state index is 0.151. The summed E-state index contributed by atoms with van der Waals surface area (Å²) >= 11 is 0. The highest BCUT2D eigenvalue weighted by Crippen LogP contribution is 2.27. The predicted molar refractivity (Wildman–Crippen MR) is 90.6 cm³/mol. The summed E-state index contributed by atoms with van der Waals surface area (Å²) in [5.41, 5.74) is 11.1. The van der Waals surface area contributed by atoms with Crippen molar-refractivity contribution in [3.63, 3.8) is 0 Å². The van der Waals surface area contributed by atoms with E-state index in [2.05, 4.69) is 23.5 Å². The van der Waals surface area contributed by atoms with Crippen molar-refractivity contribution >= 4 is 23.0 Å². The highest BCUT2D eigenvalue weighted by molar-refractivity contribution is 5.92. The van der Waals surface area contributed by atoms with Crippen LogP contribution in [-0.2, 0) is 4.74 Å². The van der Waals surface area contributed by atoms with Crippen LogP contribution in [0.1, 0.15) is 35.3 Å². The number of benzene rings is 2. The number of hydrogen-bond acceptors (Lipinski definition) is 4. The molecule has 0 spiro atoms. The summed E-state index contributed by atoms with van der Waals surface area (Å²) in [5, 5.41) is 3.31. The van der Waals surface area contributed by atoms with E-state index in [1.807, 2.05) is 27.7 Å². The molecule has 116 valence electrons. The number of carbonyl (C=O) groups excluding carboxylic acids is 1. The van der Waals surface area contributed by atoms with Crippen LogP contribution in [0.2, 0.25) is 0 Å². The molecule has 0 aliphatic heterocycles. The zero-order chi connectivity index (χ0) is 16.3. The number of rotatable bonds is 4. The fourth-order valence-electron chi connectivity index (χ4n) is 2.10. The molecule has 0 radical (unpaired) electrons. The number of ether oxygens (including phenoxy) is 1. The Morgan fingerprint density at radius 1 is 1.09 bits per heavy atom. The van der Waals surface area contributed by atoms with Gasteiger partial charge in [-0.3, -0.25) is 0 Å². The number of hydrogen-bond donors (Lipinski definition) is 2. The van der Waals surface area contributed by atoms with E-state index >= 15 is 0 Å². The molecule has 0 heterocycles. The van der Waals surface area contributed by atoms with Gasteiger partial charge in [-0.2, -0.15) is 0 Å². The minimum Gasteiger partial charge on any atom is -0.459 e. The molecule has 2 rings (SSSR count). The molecule has 2 aromatic carbocycles. The summed E-state index contributed by atoms with van der Waals surface area (Å²) in [4.78, 5) is 11.9. The molecule has 22 heavy (non-hydrogen) atoms. The van der Waals surface area contributed by atoms with E-state index < -0.39 is 0 Å². The third-order valence-corrected chi connectivity index (χ3v) is 3.29. The molecule has 0 aliphatic carbocycles. The number of nitrogens with one attached hydrogen (secondary N) is 1. The van der Waals surface area contributed by atoms with Gasteiger partial charge in [0.15, 0.2) is 0 Å². The van der Waals surface area contributed by atoms with Crippen molar-refractivity contribution in [3.05, 3.63) is 53.1 Å². The molecular formula is C18H22N2O2. The average Bonchev–Trinajstić information content (AvgIpc) is 2.44. The lowest BCUT2D eigenvalue weighted by Crippen LogP contribution is -2.12. The molecule has 0 saturated heterocycles. The lowest BCUT2D eigenvalue weighted by Gasteiger charge is -2.14. The van der Waals surface area contributed by atoms with Gasteiger partial charge < -0.3 is 15.8 Å². The van der Waals surface area contributed by atoms with E-state index in [1.54, 1.807) is 18.2 Å². The molecule has 0 fully saturated rings. The van der Waals surface area contributed by atoms with Crippen LogP contribution in [0.5, 0.6) is 0 Å². The average molecular weight is 298 g/mol. The first-order valence-electron chi connectivity index (χ1n) is 7.31. The molecule has 0 aliphatic rings. The quantitative estimate of drug-likeness (QED) is 0.656. The monoisotopic (exact) mass is 298 g/mol. The van der Waals surface area contributed by atoms with Crippen molar-refractivity contribution in [1.82, 2.24) is 0 Å². The lowest BCUT2D eigenvalue weighted by molar-refractivity contribution is 0.0378. The van der Waals surface area contributed by atoms with Crippen LogP contribution in [0.3, 0.4) is 0 Å². The van der Waals surface area contributed by atoms with Gasteiger partial charge in [-0.1, -0.05) is 12.1 Å². The maximum Gasteiger partial charge on any atom is 0.338 e. The van der Waals surface area contributed by atoms with Crippen LogP contribution in [0.4, 0.5) is 17.1 Å². The number of nitrogen functional groups attached to an aromatic ring is 1. The zero-order valence-corrected chi connectivity index (χ0v) is 13.4. The van der Waals surface area contributed by atoms with Gasteiger partial charge in [-0.05, 0) is 63.1 Å². The van der Waals surface area contributed by atoms with Gasteiger partial charge in [-0.25, -0.2) is 4.79 Å². The van der Waals surface area contributed by atoms with E-state index in [9.17, 15) is 4.79 Å². The molecule has 0 atom stereocenters. The number of aryl methyl sites for hydroxylation is 2. The summed E-state index contributed by atoms with van der Waals surface area (Å²) in [7, 11) is 0. The molecule has 2 aromatic rings. The first-order chi connectivity index (χ1) is 10.4. The molecule has 0 amide bonds. The van der Waals surface area contributed by atoms with Crippen molar-refractivity contribution in [3.8, 4) is 0 Å². The maximum absolute atomic E-state index is 11.9. The first-order valence-corrected chi connectivity index (χ1v) is 7.31. The van der Waals surface area contributed by atoms with E-state index in [0.717, 1.165) is 16.9 Å². The van der Waals surface area contributed by atoms with Crippen LogP contribution >= 0.6 is 0 Å².